The highest BCUT2D eigenvalue weighted by molar-refractivity contribution is 5.94. The Morgan fingerprint density at radius 2 is 1.48 bits per heavy atom. The maximum absolute atomic E-state index is 12.9. The van der Waals surface area contributed by atoms with E-state index in [9.17, 15) is 9.59 Å². The van der Waals surface area contributed by atoms with Crippen LogP contribution in [0.25, 0.3) is 21.8 Å². The van der Waals surface area contributed by atoms with Crippen LogP contribution < -0.4 is 10.7 Å². The average Bonchev–Trinajstić information content (AvgIpc) is 2.73. The van der Waals surface area contributed by atoms with Crippen molar-refractivity contribution in [2.75, 3.05) is 19.6 Å². The molecule has 1 unspecified atom stereocenters. The van der Waals surface area contributed by atoms with Gasteiger partial charge in [-0.3, -0.25) is 14.5 Å². The first-order chi connectivity index (χ1) is 14.0. The lowest BCUT2D eigenvalue weighted by atomic mass is 10.0. The Hall–Kier alpha value is -2.66. The molecule has 1 N–H and O–H groups in total. The van der Waals surface area contributed by atoms with Gasteiger partial charge in [-0.1, -0.05) is 52.0 Å². The SMILES string of the molecule is CCN(CC)C(CNC(=O)Cn1c2ccccc2c(=O)c2ccccc21)C(C)C. The van der Waals surface area contributed by atoms with Crippen molar-refractivity contribution >= 4 is 27.7 Å². The van der Waals surface area contributed by atoms with Gasteiger partial charge in [0.2, 0.25) is 5.91 Å². The van der Waals surface area contributed by atoms with E-state index >= 15 is 0 Å². The van der Waals surface area contributed by atoms with Gasteiger partial charge in [-0.2, -0.15) is 0 Å². The van der Waals surface area contributed by atoms with E-state index in [1.807, 2.05) is 53.1 Å². The minimum Gasteiger partial charge on any atom is -0.353 e. The van der Waals surface area contributed by atoms with Crippen LogP contribution in [0.15, 0.2) is 53.3 Å². The Morgan fingerprint density at radius 3 is 1.97 bits per heavy atom. The number of pyridine rings is 1. The highest BCUT2D eigenvalue weighted by atomic mass is 16.2. The molecule has 0 aliphatic carbocycles. The van der Waals surface area contributed by atoms with Crippen LogP contribution in [0.1, 0.15) is 27.7 Å². The molecular weight excluding hydrogens is 362 g/mol. The minimum atomic E-state index is -0.0400. The summed E-state index contributed by atoms with van der Waals surface area (Å²) in [6.07, 6.45) is 0. The number of benzene rings is 2. The number of hydrogen-bond donors (Lipinski definition) is 1. The normalized spacial score (nSPS) is 12.8. The highest BCUT2D eigenvalue weighted by Gasteiger charge is 2.20. The molecule has 0 spiro atoms. The molecule has 0 radical (unpaired) electrons. The largest absolute Gasteiger partial charge is 0.353 e. The molecule has 0 bridgehead atoms. The lowest BCUT2D eigenvalue weighted by molar-refractivity contribution is -0.121. The van der Waals surface area contributed by atoms with Gasteiger partial charge in [0.25, 0.3) is 0 Å². The molecule has 0 fully saturated rings. The quantitative estimate of drug-likeness (QED) is 0.595. The van der Waals surface area contributed by atoms with E-state index in [1.54, 1.807) is 0 Å². The summed E-state index contributed by atoms with van der Waals surface area (Å²) in [7, 11) is 0. The molecule has 1 aromatic heterocycles. The Morgan fingerprint density at radius 1 is 0.966 bits per heavy atom. The standard InChI is InChI=1S/C24H31N3O2/c1-5-26(6-2)22(17(3)4)15-25-23(28)16-27-20-13-9-7-11-18(20)24(29)19-12-8-10-14-21(19)27/h7-14,17,22H,5-6,15-16H2,1-4H3,(H,25,28). The number of carbonyl (C=O) groups is 1. The van der Waals surface area contributed by atoms with Crippen molar-refractivity contribution in [3.8, 4) is 0 Å². The van der Waals surface area contributed by atoms with Crippen LogP contribution in [0.3, 0.4) is 0 Å². The molecule has 5 heteroatoms. The number of likely N-dealkylation sites (N-methyl/N-ethyl adjacent to an activating group) is 1. The van der Waals surface area contributed by atoms with Gasteiger partial charge in [-0.15, -0.1) is 0 Å². The van der Waals surface area contributed by atoms with Gasteiger partial charge in [0.15, 0.2) is 5.43 Å². The zero-order chi connectivity index (χ0) is 21.0. The van der Waals surface area contributed by atoms with Crippen molar-refractivity contribution in [2.24, 2.45) is 5.92 Å². The molecule has 1 amide bonds. The Balaban J connectivity index is 1.90. The molecule has 1 atom stereocenters. The van der Waals surface area contributed by atoms with E-state index < -0.39 is 0 Å². The second kappa shape index (κ2) is 9.23. The zero-order valence-electron chi connectivity index (χ0n) is 17.8. The summed E-state index contributed by atoms with van der Waals surface area (Å²) in [5.74, 6) is 0.408. The van der Waals surface area contributed by atoms with E-state index in [0.717, 1.165) is 24.1 Å². The predicted octanol–water partition coefficient (Wildman–Crippen LogP) is 3.64. The number of amides is 1. The number of carbonyl (C=O) groups excluding carboxylic acids is 1. The van der Waals surface area contributed by atoms with Crippen LogP contribution in [-0.4, -0.2) is 41.1 Å². The fraction of sp³-hybridized carbons (Fsp3) is 0.417. The molecule has 1 heterocycles. The number of hydrogen-bond acceptors (Lipinski definition) is 3. The van der Waals surface area contributed by atoms with Gasteiger partial charge in [-0.05, 0) is 43.3 Å². The summed E-state index contributed by atoms with van der Waals surface area (Å²) in [5.41, 5.74) is 1.58. The third kappa shape index (κ3) is 4.35. The fourth-order valence-electron chi connectivity index (χ4n) is 4.14. The third-order valence-corrected chi connectivity index (χ3v) is 5.74. The minimum absolute atomic E-state index is 0.00858. The third-order valence-electron chi connectivity index (χ3n) is 5.74. The monoisotopic (exact) mass is 393 g/mol. The topological polar surface area (TPSA) is 54.3 Å². The maximum atomic E-state index is 12.9. The second-order valence-corrected chi connectivity index (χ2v) is 7.79. The number of aromatic nitrogens is 1. The molecule has 5 nitrogen and oxygen atoms in total. The van der Waals surface area contributed by atoms with Crippen LogP contribution in [0, 0.1) is 5.92 Å². The summed E-state index contributed by atoms with van der Waals surface area (Å²) in [6.45, 7) is 11.4. The van der Waals surface area contributed by atoms with Crippen LogP contribution in [-0.2, 0) is 11.3 Å². The first kappa shape index (κ1) is 21.1. The first-order valence-corrected chi connectivity index (χ1v) is 10.5. The molecule has 0 saturated carbocycles. The summed E-state index contributed by atoms with van der Waals surface area (Å²) >= 11 is 0. The smallest absolute Gasteiger partial charge is 0.240 e. The molecule has 0 saturated heterocycles. The van der Waals surface area contributed by atoms with Crippen LogP contribution in [0.4, 0.5) is 0 Å². The van der Waals surface area contributed by atoms with Crippen LogP contribution in [0.5, 0.6) is 0 Å². The highest BCUT2D eigenvalue weighted by Crippen LogP contribution is 2.19. The van der Waals surface area contributed by atoms with Crippen molar-refractivity contribution in [1.29, 1.82) is 0 Å². The summed E-state index contributed by atoms with van der Waals surface area (Å²) < 4.78 is 1.95. The Labute approximate surface area is 172 Å². The van der Waals surface area contributed by atoms with Gasteiger partial charge in [0.1, 0.15) is 6.54 Å². The van der Waals surface area contributed by atoms with Gasteiger partial charge >= 0.3 is 0 Å². The molecule has 2 aromatic carbocycles. The molecule has 3 aromatic rings. The van der Waals surface area contributed by atoms with E-state index in [2.05, 4.69) is 37.9 Å². The number of fused-ring (bicyclic) bond motifs is 2. The maximum Gasteiger partial charge on any atom is 0.240 e. The molecular formula is C24H31N3O2. The summed E-state index contributed by atoms with van der Waals surface area (Å²) in [4.78, 5) is 28.1. The zero-order valence-corrected chi connectivity index (χ0v) is 17.8. The number of para-hydroxylation sites is 2. The van der Waals surface area contributed by atoms with Gasteiger partial charge in [0, 0.05) is 23.4 Å². The van der Waals surface area contributed by atoms with Gasteiger partial charge in [0.05, 0.1) is 11.0 Å². The van der Waals surface area contributed by atoms with E-state index in [-0.39, 0.29) is 17.9 Å². The van der Waals surface area contributed by atoms with Gasteiger partial charge in [-0.25, -0.2) is 0 Å². The van der Waals surface area contributed by atoms with E-state index in [0.29, 0.717) is 29.3 Å². The number of rotatable bonds is 8. The van der Waals surface area contributed by atoms with E-state index in [4.69, 9.17) is 0 Å². The van der Waals surface area contributed by atoms with Crippen molar-refractivity contribution < 1.29 is 4.79 Å². The molecule has 3 rings (SSSR count). The number of nitrogens with zero attached hydrogens (tertiary/aromatic N) is 2. The Kier molecular flexibility index (Phi) is 6.70. The number of nitrogens with one attached hydrogen (secondary N) is 1. The Bertz CT molecular complexity index is 991. The first-order valence-electron chi connectivity index (χ1n) is 10.5. The second-order valence-electron chi connectivity index (χ2n) is 7.79. The molecule has 154 valence electrons. The molecule has 29 heavy (non-hydrogen) atoms. The van der Waals surface area contributed by atoms with Crippen LogP contribution in [0.2, 0.25) is 0 Å². The molecule has 0 aliphatic rings. The van der Waals surface area contributed by atoms with Crippen molar-refractivity contribution in [2.45, 2.75) is 40.3 Å². The van der Waals surface area contributed by atoms with Crippen molar-refractivity contribution in [1.82, 2.24) is 14.8 Å². The fourth-order valence-corrected chi connectivity index (χ4v) is 4.14. The lowest BCUT2D eigenvalue weighted by Crippen LogP contribution is -2.47. The lowest BCUT2D eigenvalue weighted by Gasteiger charge is -2.33. The van der Waals surface area contributed by atoms with Gasteiger partial charge < -0.3 is 9.88 Å². The predicted molar refractivity (Wildman–Crippen MR) is 120 cm³/mol. The van der Waals surface area contributed by atoms with Crippen LogP contribution >= 0.6 is 0 Å². The van der Waals surface area contributed by atoms with Crippen molar-refractivity contribution in [3.05, 3.63) is 58.8 Å². The van der Waals surface area contributed by atoms with E-state index in [1.165, 1.54) is 0 Å². The summed E-state index contributed by atoms with van der Waals surface area (Å²) in [5, 5.41) is 4.41. The molecule has 0 aliphatic heterocycles. The van der Waals surface area contributed by atoms with Crippen molar-refractivity contribution in [3.63, 3.8) is 0 Å². The summed E-state index contributed by atoms with van der Waals surface area (Å²) in [6, 6.07) is 15.3. The average molecular weight is 394 g/mol.